The molecule has 1 aliphatic rings. The maximum absolute atomic E-state index is 11.9. The van der Waals surface area contributed by atoms with Crippen LogP contribution in [0.15, 0.2) is 17.5 Å². The minimum Gasteiger partial charge on any atom is -0.481 e. The minimum atomic E-state index is -0.830. The van der Waals surface area contributed by atoms with E-state index in [-0.39, 0.29) is 12.5 Å². The van der Waals surface area contributed by atoms with E-state index in [1.54, 1.807) is 16.2 Å². The lowest BCUT2D eigenvalue weighted by Gasteiger charge is -2.35. The first kappa shape index (κ1) is 14.6. The zero-order valence-corrected chi connectivity index (χ0v) is 12.1. The highest BCUT2D eigenvalue weighted by molar-refractivity contribution is 7.14. The molecule has 20 heavy (non-hydrogen) atoms. The van der Waals surface area contributed by atoms with Crippen molar-refractivity contribution in [3.05, 3.63) is 17.5 Å². The average Bonchev–Trinajstić information content (AvgIpc) is 2.97. The number of urea groups is 1. The molecule has 2 heterocycles. The van der Waals surface area contributed by atoms with Crippen LogP contribution in [0.3, 0.4) is 0 Å². The smallest absolute Gasteiger partial charge is 0.317 e. The quantitative estimate of drug-likeness (QED) is 0.807. The molecular formula is C13H19N3O3S. The predicted octanol–water partition coefficient (Wildman–Crippen LogP) is 1.44. The van der Waals surface area contributed by atoms with Crippen LogP contribution in [-0.2, 0) is 4.79 Å². The molecule has 1 aromatic heterocycles. The number of piperazine rings is 1. The average molecular weight is 297 g/mol. The van der Waals surface area contributed by atoms with Crippen LogP contribution in [0.25, 0.3) is 0 Å². The summed E-state index contributed by atoms with van der Waals surface area (Å²) in [7, 11) is 0. The van der Waals surface area contributed by atoms with Gasteiger partial charge >= 0.3 is 12.0 Å². The maximum Gasteiger partial charge on any atom is 0.317 e. The van der Waals surface area contributed by atoms with Gasteiger partial charge in [0.2, 0.25) is 0 Å². The number of carboxylic acid groups (broad SMARTS) is 1. The van der Waals surface area contributed by atoms with E-state index < -0.39 is 5.97 Å². The summed E-state index contributed by atoms with van der Waals surface area (Å²) in [5.41, 5.74) is 0. The molecule has 0 bridgehead atoms. The topological polar surface area (TPSA) is 72.9 Å². The summed E-state index contributed by atoms with van der Waals surface area (Å²) in [6.07, 6.45) is 0.558. The van der Waals surface area contributed by atoms with Gasteiger partial charge in [0.05, 0.1) is 5.00 Å². The van der Waals surface area contributed by atoms with Crippen molar-refractivity contribution < 1.29 is 14.7 Å². The molecule has 1 aromatic rings. The van der Waals surface area contributed by atoms with E-state index in [4.69, 9.17) is 5.11 Å². The van der Waals surface area contributed by atoms with Gasteiger partial charge in [-0.15, -0.1) is 11.3 Å². The van der Waals surface area contributed by atoms with Gasteiger partial charge in [0.1, 0.15) is 0 Å². The Morgan fingerprint density at radius 3 is 2.65 bits per heavy atom. The van der Waals surface area contributed by atoms with E-state index in [2.05, 4.69) is 21.7 Å². The van der Waals surface area contributed by atoms with E-state index in [0.29, 0.717) is 26.1 Å². The fraction of sp³-hybridized carbons (Fsp3) is 0.538. The first-order valence-corrected chi connectivity index (χ1v) is 7.58. The zero-order valence-electron chi connectivity index (χ0n) is 11.2. The van der Waals surface area contributed by atoms with Gasteiger partial charge in [-0.3, -0.25) is 4.79 Å². The van der Waals surface area contributed by atoms with Crippen LogP contribution in [-0.4, -0.2) is 54.7 Å². The van der Waals surface area contributed by atoms with Crippen LogP contribution in [0.4, 0.5) is 9.80 Å². The molecule has 0 saturated carbocycles. The summed E-state index contributed by atoms with van der Waals surface area (Å²) < 4.78 is 0. The minimum absolute atomic E-state index is 0.0897. The Hall–Kier alpha value is -1.76. The second-order valence-corrected chi connectivity index (χ2v) is 5.58. The van der Waals surface area contributed by atoms with Crippen molar-refractivity contribution in [2.45, 2.75) is 12.8 Å². The molecule has 1 aliphatic heterocycles. The highest BCUT2D eigenvalue weighted by Gasteiger charge is 2.21. The molecule has 0 atom stereocenters. The number of hydrogen-bond acceptors (Lipinski definition) is 4. The predicted molar refractivity (Wildman–Crippen MR) is 78.4 cm³/mol. The summed E-state index contributed by atoms with van der Waals surface area (Å²) in [5, 5.41) is 14.6. The molecule has 6 nitrogen and oxygen atoms in total. The number of carbonyl (C=O) groups is 2. The molecule has 0 aliphatic carbocycles. The van der Waals surface area contributed by atoms with Crippen molar-refractivity contribution >= 4 is 28.3 Å². The zero-order chi connectivity index (χ0) is 14.4. The molecule has 0 aromatic carbocycles. The summed E-state index contributed by atoms with van der Waals surface area (Å²) >= 11 is 1.71. The molecule has 1 saturated heterocycles. The third kappa shape index (κ3) is 4.12. The van der Waals surface area contributed by atoms with Crippen molar-refractivity contribution in [2.75, 3.05) is 37.6 Å². The highest BCUT2D eigenvalue weighted by Crippen LogP contribution is 2.22. The SMILES string of the molecule is O=C(O)CCCNC(=O)N1CCN(c2cccs2)CC1. The number of carbonyl (C=O) groups excluding carboxylic acids is 1. The largest absolute Gasteiger partial charge is 0.481 e. The summed E-state index contributed by atoms with van der Waals surface area (Å²) in [5.74, 6) is -0.830. The van der Waals surface area contributed by atoms with E-state index in [1.165, 1.54) is 5.00 Å². The second-order valence-electron chi connectivity index (χ2n) is 4.65. The number of rotatable bonds is 5. The number of nitrogens with zero attached hydrogens (tertiary/aromatic N) is 2. The van der Waals surface area contributed by atoms with Gasteiger partial charge in [-0.25, -0.2) is 4.79 Å². The van der Waals surface area contributed by atoms with Gasteiger partial charge in [-0.1, -0.05) is 0 Å². The summed E-state index contributed by atoms with van der Waals surface area (Å²) in [4.78, 5) is 26.3. The van der Waals surface area contributed by atoms with Crippen molar-refractivity contribution in [2.24, 2.45) is 0 Å². The lowest BCUT2D eigenvalue weighted by molar-refractivity contribution is -0.137. The number of hydrogen-bond donors (Lipinski definition) is 2. The Bertz CT molecular complexity index is 442. The third-order valence-corrected chi connectivity index (χ3v) is 4.16. The van der Waals surface area contributed by atoms with Gasteiger partial charge < -0.3 is 20.2 Å². The molecular weight excluding hydrogens is 278 g/mol. The summed E-state index contributed by atoms with van der Waals surface area (Å²) in [6, 6.07) is 4.02. The summed E-state index contributed by atoms with van der Waals surface area (Å²) in [6.45, 7) is 3.48. The van der Waals surface area contributed by atoms with E-state index in [0.717, 1.165) is 13.1 Å². The Balaban J connectivity index is 1.68. The first-order chi connectivity index (χ1) is 9.66. The van der Waals surface area contributed by atoms with Crippen molar-refractivity contribution in [1.82, 2.24) is 10.2 Å². The van der Waals surface area contributed by atoms with Crippen LogP contribution in [0, 0.1) is 0 Å². The van der Waals surface area contributed by atoms with Gasteiger partial charge in [0.15, 0.2) is 0 Å². The van der Waals surface area contributed by atoms with Gasteiger partial charge in [0, 0.05) is 39.1 Å². The molecule has 2 rings (SSSR count). The van der Waals surface area contributed by atoms with E-state index in [9.17, 15) is 9.59 Å². The van der Waals surface area contributed by atoms with Crippen LogP contribution >= 0.6 is 11.3 Å². The number of thiophene rings is 1. The molecule has 0 unspecified atom stereocenters. The van der Waals surface area contributed by atoms with Gasteiger partial charge in [-0.2, -0.15) is 0 Å². The van der Waals surface area contributed by atoms with Crippen molar-refractivity contribution in [3.63, 3.8) is 0 Å². The van der Waals surface area contributed by atoms with Crippen LogP contribution in [0.1, 0.15) is 12.8 Å². The maximum atomic E-state index is 11.9. The van der Waals surface area contributed by atoms with Gasteiger partial charge in [0.25, 0.3) is 0 Å². The molecule has 2 N–H and O–H groups in total. The molecule has 2 amide bonds. The fourth-order valence-corrected chi connectivity index (χ4v) is 2.91. The molecule has 0 radical (unpaired) electrons. The van der Waals surface area contributed by atoms with Crippen molar-refractivity contribution in [3.8, 4) is 0 Å². The number of anilines is 1. The number of amides is 2. The Morgan fingerprint density at radius 1 is 1.30 bits per heavy atom. The standard InChI is InChI=1S/C13H19N3O3S/c17-12(18)4-1-5-14-13(19)16-8-6-15(7-9-16)11-3-2-10-20-11/h2-3,10H,1,4-9H2,(H,14,19)(H,17,18). The molecule has 1 fully saturated rings. The molecule has 110 valence electrons. The number of aliphatic carboxylic acids is 1. The Labute approximate surface area is 122 Å². The number of nitrogens with one attached hydrogen (secondary N) is 1. The molecule has 0 spiro atoms. The van der Waals surface area contributed by atoms with E-state index >= 15 is 0 Å². The Morgan fingerprint density at radius 2 is 2.05 bits per heavy atom. The lowest BCUT2D eigenvalue weighted by atomic mass is 10.3. The fourth-order valence-electron chi connectivity index (χ4n) is 2.13. The highest BCUT2D eigenvalue weighted by atomic mass is 32.1. The third-order valence-electron chi connectivity index (χ3n) is 3.23. The van der Waals surface area contributed by atoms with Gasteiger partial charge in [-0.05, 0) is 23.9 Å². The normalized spacial score (nSPS) is 15.2. The van der Waals surface area contributed by atoms with Crippen LogP contribution in [0.5, 0.6) is 0 Å². The Kier molecular flexibility index (Phi) is 5.23. The lowest BCUT2D eigenvalue weighted by Crippen LogP contribution is -2.51. The van der Waals surface area contributed by atoms with E-state index in [1.807, 2.05) is 6.07 Å². The number of carboxylic acids is 1. The second kappa shape index (κ2) is 7.14. The monoisotopic (exact) mass is 297 g/mol. The van der Waals surface area contributed by atoms with Crippen LogP contribution < -0.4 is 10.2 Å². The van der Waals surface area contributed by atoms with Crippen LogP contribution in [0.2, 0.25) is 0 Å². The van der Waals surface area contributed by atoms with Crippen molar-refractivity contribution in [1.29, 1.82) is 0 Å². The first-order valence-electron chi connectivity index (χ1n) is 6.70. The molecule has 7 heteroatoms.